The third kappa shape index (κ3) is 5.40. The molecule has 5 nitrogen and oxygen atoms in total. The fourth-order valence-corrected chi connectivity index (χ4v) is 2.37. The molecule has 3 N–H and O–H groups in total. The average molecular weight is 327 g/mol. The molecule has 1 saturated heterocycles. The number of rotatable bonds is 6. The van der Waals surface area contributed by atoms with Crippen LogP contribution < -0.4 is 10.6 Å². The fraction of sp³-hybridized carbons (Fsp3) is 0.500. The van der Waals surface area contributed by atoms with Crippen molar-refractivity contribution in [2.75, 3.05) is 19.6 Å². The van der Waals surface area contributed by atoms with Crippen molar-refractivity contribution in [3.8, 4) is 0 Å². The molecule has 122 valence electrons. The van der Waals surface area contributed by atoms with E-state index in [-0.39, 0.29) is 42.9 Å². The van der Waals surface area contributed by atoms with Crippen LogP contribution in [0.25, 0.3) is 0 Å². The number of Topliss-reactive ketones (excluding diaryl/α,β-unsaturated/α-hetero) is 1. The molecule has 2 unspecified atom stereocenters. The molecule has 1 aliphatic heterocycles. The Kier molecular flexibility index (Phi) is 7.51. The molecule has 0 spiro atoms. The van der Waals surface area contributed by atoms with E-state index in [0.717, 1.165) is 5.56 Å². The van der Waals surface area contributed by atoms with E-state index < -0.39 is 6.10 Å². The number of aryl methyl sites for hydroxylation is 1. The monoisotopic (exact) mass is 326 g/mol. The van der Waals surface area contributed by atoms with Crippen LogP contribution in [0.3, 0.4) is 0 Å². The van der Waals surface area contributed by atoms with Crippen molar-refractivity contribution in [2.45, 2.75) is 25.9 Å². The maximum Gasteiger partial charge on any atom is 0.220 e. The first-order valence-corrected chi connectivity index (χ1v) is 7.31. The summed E-state index contributed by atoms with van der Waals surface area (Å²) in [6.07, 6.45) is -0.0111. The number of carbonyl (C=O) groups is 2. The maximum absolute atomic E-state index is 11.9. The first-order chi connectivity index (χ1) is 10.1. The minimum atomic E-state index is -0.403. The van der Waals surface area contributed by atoms with E-state index in [4.69, 9.17) is 0 Å². The zero-order chi connectivity index (χ0) is 15.2. The van der Waals surface area contributed by atoms with E-state index in [1.165, 1.54) is 0 Å². The Morgan fingerprint density at radius 2 is 1.91 bits per heavy atom. The maximum atomic E-state index is 11.9. The highest BCUT2D eigenvalue weighted by Crippen LogP contribution is 2.09. The summed E-state index contributed by atoms with van der Waals surface area (Å²) in [7, 11) is 0. The smallest absolute Gasteiger partial charge is 0.220 e. The van der Waals surface area contributed by atoms with Gasteiger partial charge in [-0.25, -0.2) is 0 Å². The summed E-state index contributed by atoms with van der Waals surface area (Å²) in [4.78, 5) is 23.7. The molecule has 1 aromatic carbocycles. The van der Waals surface area contributed by atoms with Gasteiger partial charge in [0.15, 0.2) is 5.78 Å². The number of ketones is 1. The molecule has 1 amide bonds. The predicted octanol–water partition coefficient (Wildman–Crippen LogP) is 1.08. The van der Waals surface area contributed by atoms with Crippen molar-refractivity contribution in [1.82, 2.24) is 10.6 Å². The topological polar surface area (TPSA) is 78.4 Å². The lowest BCUT2D eigenvalue weighted by Gasteiger charge is -2.13. The summed E-state index contributed by atoms with van der Waals surface area (Å²) >= 11 is 0. The Morgan fingerprint density at radius 1 is 1.23 bits per heavy atom. The van der Waals surface area contributed by atoms with E-state index in [1.54, 1.807) is 12.1 Å². The van der Waals surface area contributed by atoms with Gasteiger partial charge in [-0.3, -0.25) is 9.59 Å². The van der Waals surface area contributed by atoms with Gasteiger partial charge in [-0.1, -0.05) is 29.8 Å². The second kappa shape index (κ2) is 8.88. The summed E-state index contributed by atoms with van der Waals surface area (Å²) in [5.41, 5.74) is 1.75. The summed E-state index contributed by atoms with van der Waals surface area (Å²) < 4.78 is 0. The van der Waals surface area contributed by atoms with Crippen LogP contribution in [0.1, 0.15) is 28.8 Å². The number of amides is 1. The lowest BCUT2D eigenvalue weighted by molar-refractivity contribution is -0.121. The third-order valence-corrected chi connectivity index (χ3v) is 3.82. The van der Waals surface area contributed by atoms with Crippen LogP contribution in [0.15, 0.2) is 24.3 Å². The molecule has 6 heteroatoms. The number of aliphatic hydroxyl groups is 1. The van der Waals surface area contributed by atoms with Crippen molar-refractivity contribution in [3.05, 3.63) is 35.4 Å². The molecule has 0 bridgehead atoms. The van der Waals surface area contributed by atoms with Gasteiger partial charge >= 0.3 is 0 Å². The number of β-amino-alcohol motifs (C(OH)–C–C–N with tert-alkyl or cyclic N) is 1. The number of carbonyl (C=O) groups excluding carboxylic acids is 2. The number of halogens is 1. The molecule has 2 atom stereocenters. The molecule has 22 heavy (non-hydrogen) atoms. The highest BCUT2D eigenvalue weighted by molar-refractivity contribution is 5.97. The van der Waals surface area contributed by atoms with Gasteiger partial charge in [0.2, 0.25) is 5.91 Å². The number of hydrogen-bond acceptors (Lipinski definition) is 4. The van der Waals surface area contributed by atoms with Crippen molar-refractivity contribution in [2.24, 2.45) is 5.92 Å². The molecule has 2 rings (SSSR count). The van der Waals surface area contributed by atoms with Crippen molar-refractivity contribution in [3.63, 3.8) is 0 Å². The van der Waals surface area contributed by atoms with Crippen LogP contribution in [0.4, 0.5) is 0 Å². The summed E-state index contributed by atoms with van der Waals surface area (Å²) in [5.74, 6) is -0.107. The number of hydrogen-bond donors (Lipinski definition) is 3. The molecule has 0 saturated carbocycles. The fourth-order valence-electron chi connectivity index (χ4n) is 2.37. The van der Waals surface area contributed by atoms with Crippen LogP contribution in [0.2, 0.25) is 0 Å². The molecule has 0 radical (unpaired) electrons. The van der Waals surface area contributed by atoms with Gasteiger partial charge < -0.3 is 15.7 Å². The average Bonchev–Trinajstić information content (AvgIpc) is 2.88. The van der Waals surface area contributed by atoms with Gasteiger partial charge in [0.25, 0.3) is 0 Å². The molecule has 1 aliphatic rings. The summed E-state index contributed by atoms with van der Waals surface area (Å²) in [6.45, 7) is 3.70. The van der Waals surface area contributed by atoms with Crippen LogP contribution in [-0.4, -0.2) is 42.5 Å². The van der Waals surface area contributed by atoms with E-state index in [2.05, 4.69) is 10.6 Å². The second-order valence-corrected chi connectivity index (χ2v) is 5.58. The van der Waals surface area contributed by atoms with E-state index in [0.29, 0.717) is 25.2 Å². The molecule has 1 aromatic rings. The van der Waals surface area contributed by atoms with E-state index >= 15 is 0 Å². The Balaban J connectivity index is 0.00000242. The first kappa shape index (κ1) is 18.6. The second-order valence-electron chi connectivity index (χ2n) is 5.58. The Morgan fingerprint density at radius 3 is 2.50 bits per heavy atom. The van der Waals surface area contributed by atoms with Crippen LogP contribution in [0, 0.1) is 12.8 Å². The molecular formula is C16H23ClN2O3. The lowest BCUT2D eigenvalue weighted by Crippen LogP contribution is -2.34. The minimum absolute atomic E-state index is 0. The highest BCUT2D eigenvalue weighted by Gasteiger charge is 2.24. The van der Waals surface area contributed by atoms with Gasteiger partial charge in [-0.15, -0.1) is 12.4 Å². The SMILES string of the molecule is Cc1ccc(C(=O)CCC(=O)NCC2CNCC2O)cc1.Cl. The molecule has 0 aromatic heterocycles. The molecule has 1 fully saturated rings. The quantitative estimate of drug-likeness (QED) is 0.683. The third-order valence-electron chi connectivity index (χ3n) is 3.82. The van der Waals surface area contributed by atoms with E-state index in [9.17, 15) is 14.7 Å². The number of nitrogens with one attached hydrogen (secondary N) is 2. The molecule has 0 aliphatic carbocycles. The Hall–Kier alpha value is -1.43. The molecule has 1 heterocycles. The Labute approximate surface area is 136 Å². The van der Waals surface area contributed by atoms with Gasteiger partial charge in [-0.05, 0) is 6.92 Å². The van der Waals surface area contributed by atoms with Crippen LogP contribution in [-0.2, 0) is 4.79 Å². The highest BCUT2D eigenvalue weighted by atomic mass is 35.5. The van der Waals surface area contributed by atoms with Crippen LogP contribution in [0.5, 0.6) is 0 Å². The Bertz CT molecular complexity index is 505. The van der Waals surface area contributed by atoms with Gasteiger partial charge in [-0.2, -0.15) is 0 Å². The van der Waals surface area contributed by atoms with Crippen molar-refractivity contribution >= 4 is 24.1 Å². The standard InChI is InChI=1S/C16H22N2O3.ClH/c1-11-2-4-12(5-3-11)14(19)6-7-16(21)18-9-13-8-17-10-15(13)20;/h2-5,13,15,17,20H,6-10H2,1H3,(H,18,21);1H. The summed E-state index contributed by atoms with van der Waals surface area (Å²) in [6, 6.07) is 7.36. The van der Waals surface area contributed by atoms with E-state index in [1.807, 2.05) is 19.1 Å². The summed E-state index contributed by atoms with van der Waals surface area (Å²) in [5, 5.41) is 15.5. The first-order valence-electron chi connectivity index (χ1n) is 7.31. The van der Waals surface area contributed by atoms with Crippen molar-refractivity contribution in [1.29, 1.82) is 0 Å². The predicted molar refractivity (Wildman–Crippen MR) is 87.4 cm³/mol. The van der Waals surface area contributed by atoms with Gasteiger partial charge in [0.1, 0.15) is 0 Å². The van der Waals surface area contributed by atoms with Crippen molar-refractivity contribution < 1.29 is 14.7 Å². The zero-order valence-corrected chi connectivity index (χ0v) is 13.5. The van der Waals surface area contributed by atoms with Gasteiger partial charge in [0.05, 0.1) is 6.10 Å². The van der Waals surface area contributed by atoms with Crippen LogP contribution >= 0.6 is 12.4 Å². The number of benzene rings is 1. The number of aliphatic hydroxyl groups excluding tert-OH is 1. The largest absolute Gasteiger partial charge is 0.391 e. The van der Waals surface area contributed by atoms with Gasteiger partial charge in [0, 0.05) is 44.0 Å². The minimum Gasteiger partial charge on any atom is -0.391 e. The normalized spacial score (nSPS) is 20.3. The lowest BCUT2D eigenvalue weighted by atomic mass is 10.0. The molecular weight excluding hydrogens is 304 g/mol. The zero-order valence-electron chi connectivity index (χ0n) is 12.7.